The summed E-state index contributed by atoms with van der Waals surface area (Å²) in [5, 5.41) is 7.71. The molecule has 1 aliphatic rings. The number of likely N-dealkylation sites (tertiary alicyclic amines) is 1. The summed E-state index contributed by atoms with van der Waals surface area (Å²) in [5.74, 6) is 1.17. The summed E-state index contributed by atoms with van der Waals surface area (Å²) >= 11 is 0. The molecule has 0 radical (unpaired) electrons. The average molecular weight is 339 g/mol. The second-order valence-electron chi connectivity index (χ2n) is 6.09. The first-order chi connectivity index (χ1) is 12.2. The Hall–Kier alpha value is -3.03. The van der Waals surface area contributed by atoms with Crippen LogP contribution in [0.15, 0.2) is 39.9 Å². The molecule has 1 amide bonds. The van der Waals surface area contributed by atoms with Crippen LogP contribution in [0, 0.1) is 6.92 Å². The van der Waals surface area contributed by atoms with E-state index in [1.54, 1.807) is 42.7 Å². The van der Waals surface area contributed by atoms with E-state index in [4.69, 9.17) is 9.05 Å². The van der Waals surface area contributed by atoms with E-state index in [2.05, 4.69) is 20.3 Å². The summed E-state index contributed by atoms with van der Waals surface area (Å²) in [4.78, 5) is 22.6. The number of aromatic nitrogens is 4. The van der Waals surface area contributed by atoms with Gasteiger partial charge in [0.1, 0.15) is 5.76 Å². The Morgan fingerprint density at radius 1 is 1.20 bits per heavy atom. The topological polar surface area (TPSA) is 98.2 Å². The van der Waals surface area contributed by atoms with Crippen LogP contribution in [0.1, 0.15) is 40.8 Å². The second kappa shape index (κ2) is 6.46. The Morgan fingerprint density at radius 3 is 2.72 bits per heavy atom. The van der Waals surface area contributed by atoms with Gasteiger partial charge in [0.15, 0.2) is 0 Å². The normalized spacial score (nSPS) is 15.5. The lowest BCUT2D eigenvalue weighted by Crippen LogP contribution is -2.37. The minimum atomic E-state index is -0.120. The SMILES string of the molecule is Cc1cc(C(=O)N2CCC(c3oncc3-c3cnccn3)CC2)on1. The zero-order valence-corrected chi connectivity index (χ0v) is 13.8. The van der Waals surface area contributed by atoms with Crippen LogP contribution in [-0.4, -0.2) is 44.2 Å². The minimum Gasteiger partial charge on any atom is -0.360 e. The summed E-state index contributed by atoms with van der Waals surface area (Å²) in [6, 6.07) is 1.66. The summed E-state index contributed by atoms with van der Waals surface area (Å²) < 4.78 is 10.6. The van der Waals surface area contributed by atoms with Crippen LogP contribution >= 0.6 is 0 Å². The molecule has 25 heavy (non-hydrogen) atoms. The monoisotopic (exact) mass is 339 g/mol. The molecule has 0 unspecified atom stereocenters. The van der Waals surface area contributed by atoms with E-state index in [1.165, 1.54) is 0 Å². The van der Waals surface area contributed by atoms with Crippen molar-refractivity contribution in [1.82, 2.24) is 25.2 Å². The van der Waals surface area contributed by atoms with Crippen molar-refractivity contribution in [3.05, 3.63) is 48.1 Å². The standard InChI is InChI=1S/C17H17N5O3/c1-11-8-15(24-21-11)17(23)22-6-2-12(3-7-22)16-13(9-20-25-16)14-10-18-4-5-19-14/h4-5,8-10,12H,2-3,6-7H2,1H3. The summed E-state index contributed by atoms with van der Waals surface area (Å²) in [6.45, 7) is 3.05. The first-order valence-corrected chi connectivity index (χ1v) is 8.16. The number of rotatable bonds is 3. The van der Waals surface area contributed by atoms with Crippen molar-refractivity contribution in [2.75, 3.05) is 13.1 Å². The van der Waals surface area contributed by atoms with E-state index < -0.39 is 0 Å². The van der Waals surface area contributed by atoms with Crippen LogP contribution in [0.2, 0.25) is 0 Å². The Labute approximate surface area is 143 Å². The van der Waals surface area contributed by atoms with Crippen molar-refractivity contribution in [3.8, 4) is 11.3 Å². The predicted molar refractivity (Wildman–Crippen MR) is 86.6 cm³/mol. The Balaban J connectivity index is 1.46. The fraction of sp³-hybridized carbons (Fsp3) is 0.353. The van der Waals surface area contributed by atoms with E-state index in [0.29, 0.717) is 18.8 Å². The quantitative estimate of drug-likeness (QED) is 0.722. The maximum atomic E-state index is 12.4. The molecule has 3 aromatic heterocycles. The number of carbonyl (C=O) groups is 1. The van der Waals surface area contributed by atoms with E-state index in [-0.39, 0.29) is 17.6 Å². The molecule has 1 saturated heterocycles. The van der Waals surface area contributed by atoms with Gasteiger partial charge in [-0.1, -0.05) is 10.3 Å². The van der Waals surface area contributed by atoms with E-state index in [0.717, 1.165) is 29.9 Å². The first-order valence-electron chi connectivity index (χ1n) is 8.16. The van der Waals surface area contributed by atoms with E-state index in [1.807, 2.05) is 0 Å². The zero-order valence-electron chi connectivity index (χ0n) is 13.8. The number of hydrogen-bond donors (Lipinski definition) is 0. The molecular formula is C17H17N5O3. The second-order valence-corrected chi connectivity index (χ2v) is 6.09. The van der Waals surface area contributed by atoms with Gasteiger partial charge in [0, 0.05) is 37.5 Å². The maximum Gasteiger partial charge on any atom is 0.292 e. The molecular weight excluding hydrogens is 322 g/mol. The molecule has 8 nitrogen and oxygen atoms in total. The van der Waals surface area contributed by atoms with Crippen molar-refractivity contribution >= 4 is 5.91 Å². The van der Waals surface area contributed by atoms with E-state index in [9.17, 15) is 4.79 Å². The van der Waals surface area contributed by atoms with E-state index >= 15 is 0 Å². The van der Waals surface area contributed by atoms with Gasteiger partial charge in [-0.05, 0) is 19.8 Å². The van der Waals surface area contributed by atoms with Crippen LogP contribution in [0.25, 0.3) is 11.3 Å². The molecule has 0 atom stereocenters. The lowest BCUT2D eigenvalue weighted by molar-refractivity contribution is 0.0664. The van der Waals surface area contributed by atoms with Crippen molar-refractivity contribution in [3.63, 3.8) is 0 Å². The third-order valence-electron chi connectivity index (χ3n) is 4.43. The number of piperidine rings is 1. The molecule has 0 aliphatic carbocycles. The first kappa shape index (κ1) is 15.5. The average Bonchev–Trinajstić information content (AvgIpc) is 3.31. The third kappa shape index (κ3) is 3.02. The maximum absolute atomic E-state index is 12.4. The molecule has 3 aromatic rings. The van der Waals surface area contributed by atoms with Gasteiger partial charge in [-0.2, -0.15) is 0 Å². The molecule has 0 saturated carbocycles. The largest absolute Gasteiger partial charge is 0.360 e. The summed E-state index contributed by atoms with van der Waals surface area (Å²) in [7, 11) is 0. The molecule has 128 valence electrons. The fourth-order valence-corrected chi connectivity index (χ4v) is 3.14. The van der Waals surface area contributed by atoms with Crippen molar-refractivity contribution < 1.29 is 13.8 Å². The van der Waals surface area contributed by atoms with Gasteiger partial charge in [-0.3, -0.25) is 14.8 Å². The van der Waals surface area contributed by atoms with Gasteiger partial charge in [0.2, 0.25) is 5.76 Å². The van der Waals surface area contributed by atoms with Crippen LogP contribution in [0.3, 0.4) is 0 Å². The predicted octanol–water partition coefficient (Wildman–Crippen LogP) is 2.45. The van der Waals surface area contributed by atoms with Gasteiger partial charge in [-0.25, -0.2) is 0 Å². The van der Waals surface area contributed by atoms with Gasteiger partial charge in [0.05, 0.1) is 29.3 Å². The molecule has 4 heterocycles. The molecule has 4 rings (SSSR count). The molecule has 0 N–H and O–H groups in total. The van der Waals surface area contributed by atoms with Crippen molar-refractivity contribution in [2.24, 2.45) is 0 Å². The smallest absolute Gasteiger partial charge is 0.292 e. The van der Waals surface area contributed by atoms with Crippen molar-refractivity contribution in [1.29, 1.82) is 0 Å². The highest BCUT2D eigenvalue weighted by molar-refractivity contribution is 5.91. The number of hydrogen-bond acceptors (Lipinski definition) is 7. The van der Waals surface area contributed by atoms with Crippen LogP contribution in [0.5, 0.6) is 0 Å². The van der Waals surface area contributed by atoms with Gasteiger partial charge >= 0.3 is 0 Å². The Morgan fingerprint density at radius 2 is 2.04 bits per heavy atom. The van der Waals surface area contributed by atoms with Crippen LogP contribution < -0.4 is 0 Å². The van der Waals surface area contributed by atoms with Gasteiger partial charge < -0.3 is 13.9 Å². The van der Waals surface area contributed by atoms with Gasteiger partial charge in [-0.15, -0.1) is 0 Å². The molecule has 0 aromatic carbocycles. The third-order valence-corrected chi connectivity index (χ3v) is 4.43. The van der Waals surface area contributed by atoms with Crippen molar-refractivity contribution in [2.45, 2.75) is 25.7 Å². The number of nitrogens with zero attached hydrogens (tertiary/aromatic N) is 5. The molecule has 0 bridgehead atoms. The summed E-state index contributed by atoms with van der Waals surface area (Å²) in [6.07, 6.45) is 8.23. The Kier molecular flexibility index (Phi) is 4.01. The van der Waals surface area contributed by atoms with Crippen LogP contribution in [0.4, 0.5) is 0 Å². The molecule has 1 aliphatic heterocycles. The van der Waals surface area contributed by atoms with Gasteiger partial charge in [0.25, 0.3) is 5.91 Å². The lowest BCUT2D eigenvalue weighted by Gasteiger charge is -2.30. The number of amides is 1. The number of carbonyl (C=O) groups excluding carboxylic acids is 1. The molecule has 1 fully saturated rings. The number of aryl methyl sites for hydroxylation is 1. The highest BCUT2D eigenvalue weighted by atomic mass is 16.5. The zero-order chi connectivity index (χ0) is 17.2. The molecule has 8 heteroatoms. The minimum absolute atomic E-state index is 0.120. The lowest BCUT2D eigenvalue weighted by atomic mass is 9.91. The highest BCUT2D eigenvalue weighted by Gasteiger charge is 2.30. The highest BCUT2D eigenvalue weighted by Crippen LogP contribution is 2.34. The summed E-state index contributed by atoms with van der Waals surface area (Å²) in [5.41, 5.74) is 2.31. The van der Waals surface area contributed by atoms with Crippen LogP contribution in [-0.2, 0) is 0 Å². The Bertz CT molecular complexity index is 865. The fourth-order valence-electron chi connectivity index (χ4n) is 3.14. The molecule has 0 spiro atoms.